The molecule has 0 heterocycles. The molecule has 0 spiro atoms. The molecule has 1 unspecified atom stereocenters. The van der Waals surface area contributed by atoms with Crippen molar-refractivity contribution in [3.63, 3.8) is 0 Å². The van der Waals surface area contributed by atoms with Crippen LogP contribution in [0.3, 0.4) is 0 Å². The summed E-state index contributed by atoms with van der Waals surface area (Å²) in [5, 5.41) is 2.99. The molecule has 0 aliphatic heterocycles. The summed E-state index contributed by atoms with van der Waals surface area (Å²) in [6, 6.07) is 5.90. The summed E-state index contributed by atoms with van der Waals surface area (Å²) < 4.78 is 0.974. The number of aryl methyl sites for hydroxylation is 1. The van der Waals surface area contributed by atoms with Crippen LogP contribution in [0.1, 0.15) is 38.7 Å². The fraction of sp³-hybridized carbons (Fsp3) is 0.562. The number of nitrogens with two attached hydrogens (primary N) is 1. The molecule has 112 valence electrons. The van der Waals surface area contributed by atoms with Crippen molar-refractivity contribution in [3.8, 4) is 0 Å². The first-order valence-electron chi connectivity index (χ1n) is 7.20. The lowest BCUT2D eigenvalue weighted by atomic mass is 9.88. The maximum atomic E-state index is 12.0. The van der Waals surface area contributed by atoms with Crippen LogP contribution in [0, 0.1) is 18.8 Å². The molecule has 1 atom stereocenters. The highest BCUT2D eigenvalue weighted by molar-refractivity contribution is 9.10. The number of hydrogen-bond donors (Lipinski definition) is 2. The van der Waals surface area contributed by atoms with Crippen LogP contribution < -0.4 is 11.1 Å². The van der Waals surface area contributed by atoms with Crippen molar-refractivity contribution >= 4 is 27.5 Å². The van der Waals surface area contributed by atoms with Gasteiger partial charge in [-0.25, -0.2) is 0 Å². The highest BCUT2D eigenvalue weighted by atomic mass is 79.9. The Hall–Kier alpha value is -0.870. The van der Waals surface area contributed by atoms with E-state index in [0.717, 1.165) is 28.6 Å². The van der Waals surface area contributed by atoms with Crippen LogP contribution >= 0.6 is 15.9 Å². The largest absolute Gasteiger partial charge is 0.330 e. The van der Waals surface area contributed by atoms with Gasteiger partial charge in [-0.05, 0) is 55.8 Å². The van der Waals surface area contributed by atoms with Gasteiger partial charge in [0, 0.05) is 16.6 Å². The van der Waals surface area contributed by atoms with Crippen molar-refractivity contribution in [2.45, 2.75) is 40.0 Å². The van der Waals surface area contributed by atoms with Gasteiger partial charge < -0.3 is 11.1 Å². The average Bonchev–Trinajstić information content (AvgIpc) is 2.38. The smallest absolute Gasteiger partial charge is 0.224 e. The van der Waals surface area contributed by atoms with Crippen LogP contribution in [0.4, 0.5) is 5.69 Å². The standard InChI is InChI=1S/C16H25BrN2O/c1-11(2)13(8-9-18)5-7-16(20)19-15-10-14(17)6-4-12(15)3/h4,6,10-11,13H,5,7-9,18H2,1-3H3,(H,19,20). The molecule has 3 N–H and O–H groups in total. The third-order valence-corrected chi connectivity index (χ3v) is 4.19. The zero-order valence-corrected chi connectivity index (χ0v) is 14.2. The van der Waals surface area contributed by atoms with E-state index in [-0.39, 0.29) is 5.91 Å². The molecule has 1 aromatic rings. The second kappa shape index (κ2) is 8.42. The fourth-order valence-corrected chi connectivity index (χ4v) is 2.64. The molecule has 0 fully saturated rings. The summed E-state index contributed by atoms with van der Waals surface area (Å²) >= 11 is 3.42. The third-order valence-electron chi connectivity index (χ3n) is 3.70. The van der Waals surface area contributed by atoms with Gasteiger partial charge >= 0.3 is 0 Å². The molecule has 0 aromatic heterocycles. The highest BCUT2D eigenvalue weighted by Gasteiger charge is 2.14. The maximum absolute atomic E-state index is 12.0. The van der Waals surface area contributed by atoms with E-state index in [0.29, 0.717) is 24.8 Å². The summed E-state index contributed by atoms with van der Waals surface area (Å²) in [6.07, 6.45) is 2.43. The van der Waals surface area contributed by atoms with Crippen molar-refractivity contribution in [1.29, 1.82) is 0 Å². The van der Waals surface area contributed by atoms with Crippen molar-refractivity contribution in [3.05, 3.63) is 28.2 Å². The minimum atomic E-state index is 0.0777. The fourth-order valence-electron chi connectivity index (χ4n) is 2.28. The Balaban J connectivity index is 2.53. The zero-order valence-electron chi connectivity index (χ0n) is 12.6. The van der Waals surface area contributed by atoms with Crippen LogP contribution in [0.15, 0.2) is 22.7 Å². The van der Waals surface area contributed by atoms with E-state index >= 15 is 0 Å². The number of amides is 1. The minimum Gasteiger partial charge on any atom is -0.330 e. The number of halogens is 1. The van der Waals surface area contributed by atoms with Gasteiger partial charge in [-0.1, -0.05) is 35.8 Å². The van der Waals surface area contributed by atoms with E-state index in [4.69, 9.17) is 5.73 Å². The van der Waals surface area contributed by atoms with Crippen LogP contribution in [0.25, 0.3) is 0 Å². The zero-order chi connectivity index (χ0) is 15.1. The van der Waals surface area contributed by atoms with E-state index < -0.39 is 0 Å². The summed E-state index contributed by atoms with van der Waals surface area (Å²) in [7, 11) is 0. The van der Waals surface area contributed by atoms with Crippen LogP contribution in [0.5, 0.6) is 0 Å². The number of hydrogen-bond acceptors (Lipinski definition) is 2. The number of carbonyl (C=O) groups is 1. The number of rotatable bonds is 7. The molecule has 0 aliphatic rings. The van der Waals surface area contributed by atoms with Gasteiger partial charge in [0.25, 0.3) is 0 Å². The molecule has 0 radical (unpaired) electrons. The van der Waals surface area contributed by atoms with E-state index in [1.807, 2.05) is 25.1 Å². The molecule has 0 bridgehead atoms. The van der Waals surface area contributed by atoms with E-state index in [1.165, 1.54) is 0 Å². The monoisotopic (exact) mass is 340 g/mol. The Labute approximate surface area is 130 Å². The Morgan fingerprint density at radius 3 is 2.65 bits per heavy atom. The van der Waals surface area contributed by atoms with Gasteiger partial charge in [0.05, 0.1) is 0 Å². The number of benzene rings is 1. The Morgan fingerprint density at radius 2 is 2.05 bits per heavy atom. The minimum absolute atomic E-state index is 0.0777. The van der Waals surface area contributed by atoms with E-state index in [9.17, 15) is 4.79 Å². The van der Waals surface area contributed by atoms with Crippen molar-refractivity contribution in [2.24, 2.45) is 17.6 Å². The molecule has 0 saturated carbocycles. The summed E-state index contributed by atoms with van der Waals surface area (Å²) in [5.41, 5.74) is 7.58. The predicted octanol–water partition coefficient (Wildman–Crippen LogP) is 4.10. The number of anilines is 1. The van der Waals surface area contributed by atoms with Gasteiger partial charge in [-0.15, -0.1) is 0 Å². The topological polar surface area (TPSA) is 55.1 Å². The van der Waals surface area contributed by atoms with Gasteiger partial charge in [0.2, 0.25) is 5.91 Å². The van der Waals surface area contributed by atoms with Crippen molar-refractivity contribution in [2.75, 3.05) is 11.9 Å². The number of nitrogens with one attached hydrogen (secondary N) is 1. The molecule has 1 aromatic carbocycles. The molecule has 20 heavy (non-hydrogen) atoms. The third kappa shape index (κ3) is 5.63. The summed E-state index contributed by atoms with van der Waals surface area (Å²) in [6.45, 7) is 7.07. The van der Waals surface area contributed by atoms with E-state index in [2.05, 4.69) is 35.1 Å². The van der Waals surface area contributed by atoms with Crippen molar-refractivity contribution < 1.29 is 4.79 Å². The Bertz CT molecular complexity index is 446. The predicted molar refractivity (Wildman–Crippen MR) is 88.7 cm³/mol. The first kappa shape index (κ1) is 17.2. The molecular weight excluding hydrogens is 316 g/mol. The quantitative estimate of drug-likeness (QED) is 0.785. The van der Waals surface area contributed by atoms with Crippen LogP contribution in [-0.2, 0) is 4.79 Å². The van der Waals surface area contributed by atoms with Crippen LogP contribution in [0.2, 0.25) is 0 Å². The normalized spacial score (nSPS) is 12.5. The van der Waals surface area contributed by atoms with Gasteiger partial charge in [0.15, 0.2) is 0 Å². The lowest BCUT2D eigenvalue weighted by molar-refractivity contribution is -0.116. The Morgan fingerprint density at radius 1 is 1.35 bits per heavy atom. The van der Waals surface area contributed by atoms with E-state index in [1.54, 1.807) is 0 Å². The molecule has 3 nitrogen and oxygen atoms in total. The molecule has 4 heteroatoms. The van der Waals surface area contributed by atoms with Gasteiger partial charge in [0.1, 0.15) is 0 Å². The Kier molecular flexibility index (Phi) is 7.24. The SMILES string of the molecule is Cc1ccc(Br)cc1NC(=O)CCC(CCN)C(C)C. The first-order chi connectivity index (χ1) is 9.43. The summed E-state index contributed by atoms with van der Waals surface area (Å²) in [5.74, 6) is 1.17. The summed E-state index contributed by atoms with van der Waals surface area (Å²) in [4.78, 5) is 12.0. The second-order valence-electron chi connectivity index (χ2n) is 5.63. The van der Waals surface area contributed by atoms with Gasteiger partial charge in [-0.3, -0.25) is 4.79 Å². The average molecular weight is 341 g/mol. The number of carbonyl (C=O) groups excluding carboxylic acids is 1. The van der Waals surface area contributed by atoms with Crippen LogP contribution in [-0.4, -0.2) is 12.5 Å². The highest BCUT2D eigenvalue weighted by Crippen LogP contribution is 2.23. The van der Waals surface area contributed by atoms with Gasteiger partial charge in [-0.2, -0.15) is 0 Å². The molecule has 0 saturated heterocycles. The lowest BCUT2D eigenvalue weighted by Gasteiger charge is -2.19. The molecule has 1 rings (SSSR count). The lowest BCUT2D eigenvalue weighted by Crippen LogP contribution is -2.18. The molecule has 0 aliphatic carbocycles. The second-order valence-corrected chi connectivity index (χ2v) is 6.54. The molecular formula is C16H25BrN2O. The maximum Gasteiger partial charge on any atom is 0.224 e. The first-order valence-corrected chi connectivity index (χ1v) is 7.99. The van der Waals surface area contributed by atoms with Crippen molar-refractivity contribution in [1.82, 2.24) is 0 Å². The molecule has 1 amide bonds.